The lowest BCUT2D eigenvalue weighted by atomic mass is 9.91. The van der Waals surface area contributed by atoms with Crippen LogP contribution in [0.1, 0.15) is 30.2 Å². The molecule has 0 spiro atoms. The van der Waals surface area contributed by atoms with Crippen LogP contribution >= 0.6 is 11.3 Å². The van der Waals surface area contributed by atoms with Crippen molar-refractivity contribution in [2.24, 2.45) is 11.8 Å². The van der Waals surface area contributed by atoms with Crippen LogP contribution in [-0.2, 0) is 13.0 Å². The van der Waals surface area contributed by atoms with Crippen LogP contribution < -0.4 is 5.32 Å². The van der Waals surface area contributed by atoms with Crippen molar-refractivity contribution in [1.82, 2.24) is 14.9 Å². The van der Waals surface area contributed by atoms with Gasteiger partial charge in [0.2, 0.25) is 0 Å². The normalized spacial score (nSPS) is 25.1. The minimum Gasteiger partial charge on any atom is -0.366 e. The summed E-state index contributed by atoms with van der Waals surface area (Å²) in [4.78, 5) is 14.2. The molecule has 3 atom stereocenters. The maximum Gasteiger partial charge on any atom is 0.138 e. The molecular weight excluding hydrogens is 352 g/mol. The average Bonchev–Trinajstić information content (AvgIpc) is 3.21. The standard InChI is InChI=1S/C22H26N4S/c1-2-18-10-19-21(23-14-24-22(19)27-18)25-20-16-8-9-17(20)13-26(12-16)11-15-6-4-3-5-7-15/h3-7,10,14,16-17,20H,2,8-9,11-13H2,1H3,(H,23,24,25)/t16-,17+,20?. The molecule has 2 aromatic heterocycles. The maximum absolute atomic E-state index is 4.60. The molecular formula is C22H26N4S. The Bertz CT molecular complexity index is 908. The van der Waals surface area contributed by atoms with Crippen molar-refractivity contribution >= 4 is 27.4 Å². The number of fused-ring (bicyclic) bond motifs is 3. The van der Waals surface area contributed by atoms with E-state index in [9.17, 15) is 0 Å². The number of nitrogens with zero attached hydrogens (tertiary/aromatic N) is 3. The number of aromatic nitrogens is 2. The van der Waals surface area contributed by atoms with Gasteiger partial charge in [0.05, 0.1) is 5.39 Å². The first-order valence-electron chi connectivity index (χ1n) is 10.1. The van der Waals surface area contributed by atoms with E-state index >= 15 is 0 Å². The molecule has 1 aliphatic heterocycles. The molecule has 27 heavy (non-hydrogen) atoms. The number of rotatable bonds is 5. The molecule has 4 nitrogen and oxygen atoms in total. The minimum atomic E-state index is 0.542. The summed E-state index contributed by atoms with van der Waals surface area (Å²) in [7, 11) is 0. The summed E-state index contributed by atoms with van der Waals surface area (Å²) in [6, 6.07) is 13.7. The number of likely N-dealkylation sites (tertiary alicyclic amines) is 1. The molecule has 5 rings (SSSR count). The minimum absolute atomic E-state index is 0.542. The third-order valence-electron chi connectivity index (χ3n) is 6.19. The third-order valence-corrected chi connectivity index (χ3v) is 7.38. The van der Waals surface area contributed by atoms with Crippen molar-refractivity contribution in [3.8, 4) is 0 Å². The SMILES string of the molecule is CCc1cc2c(NC3[C@@H]4CC[C@H]3CN(Cc3ccccc3)C4)ncnc2s1. The van der Waals surface area contributed by atoms with Gasteiger partial charge < -0.3 is 5.32 Å². The van der Waals surface area contributed by atoms with Gasteiger partial charge in [-0.1, -0.05) is 37.3 Å². The molecule has 3 aromatic rings. The van der Waals surface area contributed by atoms with E-state index in [1.54, 1.807) is 17.7 Å². The number of piperidine rings is 1. The number of thiophene rings is 1. The lowest BCUT2D eigenvalue weighted by molar-refractivity contribution is 0.148. The summed E-state index contributed by atoms with van der Waals surface area (Å²) in [5, 5.41) is 5.04. The zero-order valence-corrected chi connectivity index (χ0v) is 16.6. The number of nitrogens with one attached hydrogen (secondary N) is 1. The first-order chi connectivity index (χ1) is 13.3. The largest absolute Gasteiger partial charge is 0.366 e. The van der Waals surface area contributed by atoms with Crippen molar-refractivity contribution in [2.45, 2.75) is 38.8 Å². The topological polar surface area (TPSA) is 41.0 Å². The van der Waals surface area contributed by atoms with E-state index in [1.165, 1.54) is 41.8 Å². The first kappa shape index (κ1) is 17.1. The third kappa shape index (κ3) is 3.34. The van der Waals surface area contributed by atoms with Gasteiger partial charge in [-0.3, -0.25) is 4.90 Å². The predicted molar refractivity (Wildman–Crippen MR) is 112 cm³/mol. The highest BCUT2D eigenvalue weighted by Gasteiger charge is 2.42. The second kappa shape index (κ2) is 7.21. The van der Waals surface area contributed by atoms with E-state index in [1.807, 2.05) is 0 Å². The second-order valence-corrected chi connectivity index (χ2v) is 9.07. The molecule has 1 unspecified atom stereocenters. The van der Waals surface area contributed by atoms with Gasteiger partial charge in [0.15, 0.2) is 0 Å². The van der Waals surface area contributed by atoms with Crippen LogP contribution in [0.4, 0.5) is 5.82 Å². The Balaban J connectivity index is 1.32. The Morgan fingerprint density at radius 2 is 1.89 bits per heavy atom. The molecule has 2 bridgehead atoms. The molecule has 140 valence electrons. The summed E-state index contributed by atoms with van der Waals surface area (Å²) in [6.07, 6.45) is 5.42. The number of anilines is 1. The zero-order valence-electron chi connectivity index (χ0n) is 15.8. The molecule has 2 fully saturated rings. The quantitative estimate of drug-likeness (QED) is 0.706. The van der Waals surface area contributed by atoms with Gasteiger partial charge in [0.25, 0.3) is 0 Å². The molecule has 1 saturated heterocycles. The van der Waals surface area contributed by atoms with Gasteiger partial charge >= 0.3 is 0 Å². The molecule has 3 heterocycles. The second-order valence-electron chi connectivity index (χ2n) is 7.95. The first-order valence-corrected chi connectivity index (χ1v) is 10.9. The molecule has 1 N–H and O–H groups in total. The predicted octanol–water partition coefficient (Wildman–Crippen LogP) is 4.58. The van der Waals surface area contributed by atoms with E-state index in [0.717, 1.165) is 23.6 Å². The molecule has 2 aliphatic rings. The van der Waals surface area contributed by atoms with Gasteiger partial charge in [-0.05, 0) is 42.7 Å². The van der Waals surface area contributed by atoms with E-state index in [2.05, 4.69) is 63.5 Å². The van der Waals surface area contributed by atoms with Gasteiger partial charge in [-0.2, -0.15) is 0 Å². The van der Waals surface area contributed by atoms with Crippen LogP contribution in [0.2, 0.25) is 0 Å². The fraction of sp³-hybridized carbons (Fsp3) is 0.455. The monoisotopic (exact) mass is 378 g/mol. The number of hydrogen-bond acceptors (Lipinski definition) is 5. The fourth-order valence-electron chi connectivity index (χ4n) is 4.88. The fourth-order valence-corrected chi connectivity index (χ4v) is 5.81. The lowest BCUT2D eigenvalue weighted by Gasteiger charge is -2.38. The van der Waals surface area contributed by atoms with Gasteiger partial charge in [-0.15, -0.1) is 11.3 Å². The van der Waals surface area contributed by atoms with E-state index < -0.39 is 0 Å². The van der Waals surface area contributed by atoms with Crippen molar-refractivity contribution in [1.29, 1.82) is 0 Å². The van der Waals surface area contributed by atoms with Crippen molar-refractivity contribution in [3.63, 3.8) is 0 Å². The number of aryl methyl sites for hydroxylation is 1. The van der Waals surface area contributed by atoms with Crippen LogP contribution in [0.5, 0.6) is 0 Å². The highest BCUT2D eigenvalue weighted by molar-refractivity contribution is 7.18. The Morgan fingerprint density at radius 3 is 2.63 bits per heavy atom. The van der Waals surface area contributed by atoms with E-state index in [4.69, 9.17) is 0 Å². The maximum atomic E-state index is 4.60. The summed E-state index contributed by atoms with van der Waals surface area (Å²) < 4.78 is 0. The number of hydrogen-bond donors (Lipinski definition) is 1. The Morgan fingerprint density at radius 1 is 1.11 bits per heavy atom. The van der Waals surface area contributed by atoms with E-state index in [0.29, 0.717) is 17.9 Å². The summed E-state index contributed by atoms with van der Waals surface area (Å²) >= 11 is 1.79. The molecule has 5 heteroatoms. The van der Waals surface area contributed by atoms with Crippen LogP contribution in [0, 0.1) is 11.8 Å². The molecule has 0 radical (unpaired) electrons. The van der Waals surface area contributed by atoms with Gasteiger partial charge in [0, 0.05) is 30.6 Å². The Hall–Kier alpha value is -1.98. The summed E-state index contributed by atoms with van der Waals surface area (Å²) in [6.45, 7) is 5.64. The lowest BCUT2D eigenvalue weighted by Crippen LogP contribution is -2.47. The van der Waals surface area contributed by atoms with Crippen molar-refractivity contribution < 1.29 is 0 Å². The van der Waals surface area contributed by atoms with Crippen LogP contribution in [-0.4, -0.2) is 34.0 Å². The molecule has 0 amide bonds. The van der Waals surface area contributed by atoms with Crippen molar-refractivity contribution in [2.75, 3.05) is 18.4 Å². The van der Waals surface area contributed by atoms with Crippen LogP contribution in [0.15, 0.2) is 42.7 Å². The highest BCUT2D eigenvalue weighted by Crippen LogP contribution is 2.40. The van der Waals surface area contributed by atoms with Crippen molar-refractivity contribution in [3.05, 3.63) is 53.2 Å². The van der Waals surface area contributed by atoms with Crippen LogP contribution in [0.25, 0.3) is 10.2 Å². The van der Waals surface area contributed by atoms with E-state index in [-0.39, 0.29) is 0 Å². The molecule has 1 aliphatic carbocycles. The Labute approximate surface area is 164 Å². The zero-order chi connectivity index (χ0) is 18.2. The van der Waals surface area contributed by atoms with Gasteiger partial charge in [-0.25, -0.2) is 9.97 Å². The molecule has 1 saturated carbocycles. The summed E-state index contributed by atoms with van der Waals surface area (Å²) in [5.74, 6) is 2.46. The summed E-state index contributed by atoms with van der Waals surface area (Å²) in [5.41, 5.74) is 1.42. The average molecular weight is 379 g/mol. The smallest absolute Gasteiger partial charge is 0.138 e. The number of benzene rings is 1. The van der Waals surface area contributed by atoms with Crippen LogP contribution in [0.3, 0.4) is 0 Å². The highest BCUT2D eigenvalue weighted by atomic mass is 32.1. The molecule has 1 aromatic carbocycles. The Kier molecular flexibility index (Phi) is 4.58. The van der Waals surface area contributed by atoms with Gasteiger partial charge in [0.1, 0.15) is 17.0 Å².